The summed E-state index contributed by atoms with van der Waals surface area (Å²) >= 11 is 1.53. The smallest absolute Gasteiger partial charge is 0.279 e. The molecule has 4 rings (SSSR count). The topological polar surface area (TPSA) is 43.6 Å². The Balaban J connectivity index is 1.59. The number of aromatic nitrogens is 1. The molecule has 0 saturated carbocycles. The molecule has 0 unspecified atom stereocenters. The summed E-state index contributed by atoms with van der Waals surface area (Å²) in [5, 5.41) is 0. The zero-order valence-electron chi connectivity index (χ0n) is 17.0. The van der Waals surface area contributed by atoms with Crippen LogP contribution in [0.4, 0.5) is 0 Å². The number of thiazole rings is 1. The summed E-state index contributed by atoms with van der Waals surface area (Å²) in [7, 11) is 0. The van der Waals surface area contributed by atoms with E-state index in [1.165, 1.54) is 22.5 Å². The Bertz CT molecular complexity index is 1190. The van der Waals surface area contributed by atoms with E-state index in [-0.39, 0.29) is 5.91 Å². The summed E-state index contributed by atoms with van der Waals surface area (Å²) in [5.41, 5.74) is 4.10. The van der Waals surface area contributed by atoms with Crippen LogP contribution in [0.3, 0.4) is 0 Å². The number of hydrogen-bond donors (Lipinski definition) is 0. The Morgan fingerprint density at radius 3 is 2.40 bits per heavy atom. The summed E-state index contributed by atoms with van der Waals surface area (Å²) in [4.78, 5) is 18.0. The van der Waals surface area contributed by atoms with Gasteiger partial charge < -0.3 is 9.30 Å². The highest BCUT2D eigenvalue weighted by atomic mass is 32.1. The van der Waals surface area contributed by atoms with Gasteiger partial charge in [0.2, 0.25) is 0 Å². The van der Waals surface area contributed by atoms with Gasteiger partial charge in [0, 0.05) is 18.7 Å². The zero-order chi connectivity index (χ0) is 20.8. The van der Waals surface area contributed by atoms with Crippen molar-refractivity contribution < 1.29 is 9.53 Å². The van der Waals surface area contributed by atoms with E-state index in [0.29, 0.717) is 30.1 Å². The lowest BCUT2D eigenvalue weighted by molar-refractivity contribution is 0.0996. The third-order valence-electron chi connectivity index (χ3n) is 4.90. The molecular weight excluding hydrogens is 392 g/mol. The third kappa shape index (κ3) is 4.75. The lowest BCUT2D eigenvalue weighted by Crippen LogP contribution is -2.19. The molecule has 0 N–H and O–H groups in total. The molecule has 0 fully saturated rings. The van der Waals surface area contributed by atoms with Gasteiger partial charge in [0.05, 0.1) is 16.8 Å². The van der Waals surface area contributed by atoms with Crippen LogP contribution in [0.1, 0.15) is 28.4 Å². The minimum atomic E-state index is -0.224. The minimum absolute atomic E-state index is 0.224. The van der Waals surface area contributed by atoms with Crippen molar-refractivity contribution in [1.29, 1.82) is 0 Å². The maximum absolute atomic E-state index is 12.8. The number of hydrogen-bond acceptors (Lipinski definition) is 3. The highest BCUT2D eigenvalue weighted by Gasteiger charge is 2.09. The average molecular weight is 417 g/mol. The highest BCUT2D eigenvalue weighted by molar-refractivity contribution is 7.16. The van der Waals surface area contributed by atoms with Crippen LogP contribution >= 0.6 is 11.3 Å². The lowest BCUT2D eigenvalue weighted by atomic mass is 10.0. The molecule has 1 aromatic heterocycles. The van der Waals surface area contributed by atoms with Crippen molar-refractivity contribution in [1.82, 2.24) is 4.57 Å². The third-order valence-corrected chi connectivity index (χ3v) is 5.96. The number of carbonyl (C=O) groups excluding carboxylic acids is 1. The molecule has 0 aliphatic rings. The maximum Gasteiger partial charge on any atom is 0.279 e. The number of ether oxygens (including phenoxy) is 1. The van der Waals surface area contributed by atoms with Crippen LogP contribution in [-0.2, 0) is 17.7 Å². The molecule has 4 aromatic rings. The van der Waals surface area contributed by atoms with Crippen molar-refractivity contribution in [3.63, 3.8) is 0 Å². The van der Waals surface area contributed by atoms with Crippen molar-refractivity contribution in [2.75, 3.05) is 13.2 Å². The van der Waals surface area contributed by atoms with E-state index < -0.39 is 0 Å². The number of benzene rings is 3. The van der Waals surface area contributed by atoms with Crippen molar-refractivity contribution in [2.24, 2.45) is 4.99 Å². The number of para-hydroxylation sites is 1. The first-order chi connectivity index (χ1) is 14.7. The van der Waals surface area contributed by atoms with Crippen LogP contribution < -0.4 is 4.80 Å². The second-order valence-corrected chi connectivity index (χ2v) is 7.99. The molecule has 152 valence electrons. The molecule has 0 saturated heterocycles. The van der Waals surface area contributed by atoms with Gasteiger partial charge in [-0.2, -0.15) is 4.99 Å². The second kappa shape index (κ2) is 9.65. The predicted octanol–water partition coefficient (Wildman–Crippen LogP) is 5.07. The summed E-state index contributed by atoms with van der Waals surface area (Å²) in [6, 6.07) is 26.2. The van der Waals surface area contributed by atoms with Crippen molar-refractivity contribution in [3.05, 3.63) is 100 Å². The Morgan fingerprint density at radius 2 is 1.63 bits per heavy atom. The van der Waals surface area contributed by atoms with Gasteiger partial charge in [0.1, 0.15) is 0 Å². The van der Waals surface area contributed by atoms with Crippen LogP contribution in [0, 0.1) is 0 Å². The maximum atomic E-state index is 12.8. The van der Waals surface area contributed by atoms with Crippen molar-refractivity contribution in [2.45, 2.75) is 19.9 Å². The summed E-state index contributed by atoms with van der Waals surface area (Å²) in [6.45, 7) is 3.91. The van der Waals surface area contributed by atoms with E-state index in [2.05, 4.69) is 33.8 Å². The Kier molecular flexibility index (Phi) is 6.52. The van der Waals surface area contributed by atoms with Gasteiger partial charge in [-0.1, -0.05) is 65.9 Å². The summed E-state index contributed by atoms with van der Waals surface area (Å²) < 4.78 is 8.70. The largest absolute Gasteiger partial charge is 0.380 e. The molecule has 0 radical (unpaired) electrons. The number of nitrogens with zero attached hydrogens (tertiary/aromatic N) is 2. The lowest BCUT2D eigenvalue weighted by Gasteiger charge is -2.05. The second-order valence-electron chi connectivity index (χ2n) is 6.98. The Morgan fingerprint density at radius 1 is 0.933 bits per heavy atom. The van der Waals surface area contributed by atoms with Crippen LogP contribution in [0.25, 0.3) is 10.2 Å². The van der Waals surface area contributed by atoms with E-state index in [1.807, 2.05) is 61.5 Å². The monoisotopic (exact) mass is 416 g/mol. The fraction of sp³-hybridized carbons (Fsp3) is 0.200. The number of rotatable bonds is 7. The van der Waals surface area contributed by atoms with Crippen molar-refractivity contribution in [3.8, 4) is 0 Å². The van der Waals surface area contributed by atoms with E-state index in [1.54, 1.807) is 0 Å². The quantitative estimate of drug-likeness (QED) is 0.395. The Hall–Kier alpha value is -3.02. The van der Waals surface area contributed by atoms with Crippen LogP contribution in [0.5, 0.6) is 0 Å². The van der Waals surface area contributed by atoms with E-state index >= 15 is 0 Å². The first-order valence-corrected chi connectivity index (χ1v) is 10.9. The van der Waals surface area contributed by atoms with Crippen molar-refractivity contribution >= 4 is 27.5 Å². The summed E-state index contributed by atoms with van der Waals surface area (Å²) in [5.74, 6) is -0.224. The molecule has 0 bridgehead atoms. The molecule has 3 aromatic carbocycles. The molecule has 0 atom stereocenters. The first kappa shape index (κ1) is 20.3. The zero-order valence-corrected chi connectivity index (χ0v) is 17.8. The van der Waals surface area contributed by atoms with Gasteiger partial charge in [0.15, 0.2) is 4.80 Å². The molecule has 1 amide bonds. The van der Waals surface area contributed by atoms with Crippen LogP contribution in [0.15, 0.2) is 83.9 Å². The van der Waals surface area contributed by atoms with Crippen LogP contribution in [0.2, 0.25) is 0 Å². The van der Waals surface area contributed by atoms with Gasteiger partial charge >= 0.3 is 0 Å². The number of amides is 1. The molecule has 30 heavy (non-hydrogen) atoms. The average Bonchev–Trinajstić information content (AvgIpc) is 3.12. The molecule has 0 spiro atoms. The molecular formula is C25H24N2O2S. The van der Waals surface area contributed by atoms with Crippen LogP contribution in [-0.4, -0.2) is 23.7 Å². The molecule has 0 aliphatic carbocycles. The Labute approximate surface area is 180 Å². The molecule has 0 aliphatic heterocycles. The molecule has 1 heterocycles. The number of carbonyl (C=O) groups is 1. The summed E-state index contributed by atoms with van der Waals surface area (Å²) in [6.07, 6.45) is 0.847. The van der Waals surface area contributed by atoms with Gasteiger partial charge in [-0.25, -0.2) is 0 Å². The van der Waals surface area contributed by atoms with E-state index in [4.69, 9.17) is 4.74 Å². The molecule has 5 heteroatoms. The highest BCUT2D eigenvalue weighted by Crippen LogP contribution is 2.17. The fourth-order valence-corrected chi connectivity index (χ4v) is 4.43. The first-order valence-electron chi connectivity index (χ1n) is 10.1. The SMILES string of the molecule is CCOCCn1c(=NC(=O)c2ccc(Cc3ccccc3)cc2)sc2ccccc21. The van der Waals surface area contributed by atoms with Gasteiger partial charge in [0.25, 0.3) is 5.91 Å². The minimum Gasteiger partial charge on any atom is -0.380 e. The van der Waals surface area contributed by atoms with Gasteiger partial charge in [-0.3, -0.25) is 4.79 Å². The predicted molar refractivity (Wildman–Crippen MR) is 122 cm³/mol. The normalized spacial score (nSPS) is 11.8. The van der Waals surface area contributed by atoms with Gasteiger partial charge in [-0.15, -0.1) is 0 Å². The van der Waals surface area contributed by atoms with Gasteiger partial charge in [-0.05, 0) is 48.7 Å². The standard InChI is InChI=1S/C25H24N2O2S/c1-2-29-17-16-27-22-10-6-7-11-23(22)30-25(27)26-24(28)21-14-12-20(13-15-21)18-19-8-4-3-5-9-19/h3-15H,2,16-18H2,1H3. The van der Waals surface area contributed by atoms with E-state index in [0.717, 1.165) is 16.6 Å². The molecule has 4 nitrogen and oxygen atoms in total. The van der Waals surface area contributed by atoms with E-state index in [9.17, 15) is 4.79 Å². The number of fused-ring (bicyclic) bond motifs is 1. The fourth-order valence-electron chi connectivity index (χ4n) is 3.37.